The standard InChI is InChI=1S/C17H22N4O3/c1-3-20(4-2)15-16(19-9-8-18-15)24-13-7-10-21(12-13)17(22)14-6-5-11-23-14/h5-6,8-9,11,13H,3-4,7,10,12H2,1-2H3. The minimum absolute atomic E-state index is 0.0880. The maximum atomic E-state index is 12.3. The molecule has 2 aromatic rings. The van der Waals surface area contributed by atoms with Crippen LogP contribution >= 0.6 is 0 Å². The van der Waals surface area contributed by atoms with Crippen LogP contribution in [0.1, 0.15) is 30.8 Å². The molecule has 1 saturated heterocycles. The molecule has 1 unspecified atom stereocenters. The minimum atomic E-state index is -0.103. The van der Waals surface area contributed by atoms with E-state index in [0.717, 1.165) is 25.3 Å². The first-order chi connectivity index (χ1) is 11.7. The second-order valence-electron chi connectivity index (χ2n) is 5.61. The van der Waals surface area contributed by atoms with Crippen LogP contribution in [0.25, 0.3) is 0 Å². The molecule has 3 rings (SSSR count). The molecule has 0 radical (unpaired) electrons. The van der Waals surface area contributed by atoms with Crippen LogP contribution in [-0.2, 0) is 0 Å². The fraction of sp³-hybridized carbons (Fsp3) is 0.471. The summed E-state index contributed by atoms with van der Waals surface area (Å²) in [6.07, 6.45) is 5.48. The topological polar surface area (TPSA) is 71.7 Å². The lowest BCUT2D eigenvalue weighted by molar-refractivity contribution is 0.0740. The molecular weight excluding hydrogens is 308 g/mol. The maximum absolute atomic E-state index is 12.3. The van der Waals surface area contributed by atoms with Gasteiger partial charge in [0, 0.05) is 38.4 Å². The lowest BCUT2D eigenvalue weighted by atomic mass is 10.3. The van der Waals surface area contributed by atoms with Crippen LogP contribution in [0.15, 0.2) is 35.2 Å². The Bertz CT molecular complexity index is 670. The number of ether oxygens (including phenoxy) is 1. The molecule has 7 heteroatoms. The van der Waals surface area contributed by atoms with Gasteiger partial charge in [-0.3, -0.25) is 4.79 Å². The van der Waals surface area contributed by atoms with Crippen molar-refractivity contribution in [3.8, 4) is 5.88 Å². The average Bonchev–Trinajstić information content (AvgIpc) is 3.28. The summed E-state index contributed by atoms with van der Waals surface area (Å²) in [4.78, 5) is 24.9. The van der Waals surface area contributed by atoms with Gasteiger partial charge in [-0.05, 0) is 26.0 Å². The molecule has 1 aliphatic rings. The van der Waals surface area contributed by atoms with E-state index in [2.05, 4.69) is 28.7 Å². The predicted octanol–water partition coefficient (Wildman–Crippen LogP) is 2.21. The number of hydrogen-bond acceptors (Lipinski definition) is 6. The highest BCUT2D eigenvalue weighted by molar-refractivity contribution is 5.91. The Hall–Kier alpha value is -2.57. The molecule has 0 spiro atoms. The minimum Gasteiger partial charge on any atom is -0.470 e. The van der Waals surface area contributed by atoms with E-state index in [4.69, 9.17) is 9.15 Å². The molecular formula is C17H22N4O3. The zero-order valence-corrected chi connectivity index (χ0v) is 14.0. The van der Waals surface area contributed by atoms with Crippen LogP contribution in [0, 0.1) is 0 Å². The predicted molar refractivity (Wildman–Crippen MR) is 89.2 cm³/mol. The zero-order chi connectivity index (χ0) is 16.9. The van der Waals surface area contributed by atoms with Crippen molar-refractivity contribution in [2.24, 2.45) is 0 Å². The third-order valence-electron chi connectivity index (χ3n) is 4.15. The highest BCUT2D eigenvalue weighted by Gasteiger charge is 2.30. The van der Waals surface area contributed by atoms with Gasteiger partial charge in [0.1, 0.15) is 6.10 Å². The van der Waals surface area contributed by atoms with Gasteiger partial charge in [0.25, 0.3) is 11.8 Å². The summed E-state index contributed by atoms with van der Waals surface area (Å²) in [5.74, 6) is 1.53. The smallest absolute Gasteiger partial charge is 0.289 e. The molecule has 0 saturated carbocycles. The lowest BCUT2D eigenvalue weighted by Gasteiger charge is -2.23. The third-order valence-corrected chi connectivity index (χ3v) is 4.15. The molecule has 0 N–H and O–H groups in total. The van der Waals surface area contributed by atoms with Crippen molar-refractivity contribution in [2.45, 2.75) is 26.4 Å². The quantitative estimate of drug-likeness (QED) is 0.809. The van der Waals surface area contributed by atoms with Gasteiger partial charge in [-0.25, -0.2) is 9.97 Å². The van der Waals surface area contributed by atoms with E-state index in [1.54, 1.807) is 29.4 Å². The van der Waals surface area contributed by atoms with E-state index >= 15 is 0 Å². The van der Waals surface area contributed by atoms with E-state index in [9.17, 15) is 4.79 Å². The van der Waals surface area contributed by atoms with Gasteiger partial charge < -0.3 is 19.0 Å². The molecule has 1 aliphatic heterocycles. The van der Waals surface area contributed by atoms with Crippen LogP contribution < -0.4 is 9.64 Å². The van der Waals surface area contributed by atoms with E-state index in [0.29, 0.717) is 24.7 Å². The summed E-state index contributed by atoms with van der Waals surface area (Å²) in [6, 6.07) is 3.39. The third kappa shape index (κ3) is 3.34. The second kappa shape index (κ2) is 7.33. The van der Waals surface area contributed by atoms with Crippen LogP contribution in [0.3, 0.4) is 0 Å². The van der Waals surface area contributed by atoms with Crippen molar-refractivity contribution < 1.29 is 13.9 Å². The van der Waals surface area contributed by atoms with Gasteiger partial charge in [0.2, 0.25) is 0 Å². The number of anilines is 1. The number of likely N-dealkylation sites (tertiary alicyclic amines) is 1. The fourth-order valence-corrected chi connectivity index (χ4v) is 2.86. The SMILES string of the molecule is CCN(CC)c1nccnc1OC1CCN(C(=O)c2ccco2)C1. The number of furan rings is 1. The molecule has 0 aromatic carbocycles. The van der Waals surface area contributed by atoms with E-state index < -0.39 is 0 Å². The summed E-state index contributed by atoms with van der Waals surface area (Å²) < 4.78 is 11.2. The van der Waals surface area contributed by atoms with Crippen molar-refractivity contribution in [1.82, 2.24) is 14.9 Å². The summed E-state index contributed by atoms with van der Waals surface area (Å²) in [6.45, 7) is 6.97. The van der Waals surface area contributed by atoms with Crippen LogP contribution in [0.2, 0.25) is 0 Å². The first-order valence-corrected chi connectivity index (χ1v) is 8.28. The molecule has 128 valence electrons. The molecule has 3 heterocycles. The van der Waals surface area contributed by atoms with E-state index in [1.165, 1.54) is 6.26 Å². The number of carbonyl (C=O) groups excluding carboxylic acids is 1. The van der Waals surface area contributed by atoms with Crippen LogP contribution in [0.5, 0.6) is 5.88 Å². The van der Waals surface area contributed by atoms with Crippen molar-refractivity contribution in [2.75, 3.05) is 31.1 Å². The Morgan fingerprint density at radius 3 is 2.88 bits per heavy atom. The Balaban J connectivity index is 1.67. The van der Waals surface area contributed by atoms with Gasteiger partial charge in [0.15, 0.2) is 11.6 Å². The molecule has 0 bridgehead atoms. The van der Waals surface area contributed by atoms with Crippen molar-refractivity contribution in [1.29, 1.82) is 0 Å². The molecule has 0 aliphatic carbocycles. The Morgan fingerprint density at radius 2 is 2.17 bits per heavy atom. The van der Waals surface area contributed by atoms with Gasteiger partial charge in [-0.15, -0.1) is 0 Å². The number of carbonyl (C=O) groups is 1. The summed E-state index contributed by atoms with van der Waals surface area (Å²) in [5, 5.41) is 0. The molecule has 1 amide bonds. The van der Waals surface area contributed by atoms with Gasteiger partial charge in [-0.2, -0.15) is 0 Å². The Kier molecular flexibility index (Phi) is 4.98. The normalized spacial score (nSPS) is 17.1. The molecule has 2 aromatic heterocycles. The maximum Gasteiger partial charge on any atom is 0.289 e. The van der Waals surface area contributed by atoms with Crippen molar-refractivity contribution in [3.63, 3.8) is 0 Å². The van der Waals surface area contributed by atoms with Gasteiger partial charge in [-0.1, -0.05) is 0 Å². The lowest BCUT2D eigenvalue weighted by Crippen LogP contribution is -2.31. The highest BCUT2D eigenvalue weighted by atomic mass is 16.5. The zero-order valence-electron chi connectivity index (χ0n) is 14.0. The van der Waals surface area contributed by atoms with E-state index in [-0.39, 0.29) is 12.0 Å². The summed E-state index contributed by atoms with van der Waals surface area (Å²) in [5.41, 5.74) is 0. The first-order valence-electron chi connectivity index (χ1n) is 8.28. The number of rotatable bonds is 6. The van der Waals surface area contributed by atoms with Gasteiger partial charge in [0.05, 0.1) is 12.8 Å². The summed E-state index contributed by atoms with van der Waals surface area (Å²) in [7, 11) is 0. The van der Waals surface area contributed by atoms with Crippen LogP contribution in [0.4, 0.5) is 5.82 Å². The fourth-order valence-electron chi connectivity index (χ4n) is 2.86. The number of hydrogen-bond donors (Lipinski definition) is 0. The number of nitrogens with zero attached hydrogens (tertiary/aromatic N) is 4. The molecule has 1 atom stereocenters. The molecule has 1 fully saturated rings. The van der Waals surface area contributed by atoms with E-state index in [1.807, 2.05) is 0 Å². The molecule has 24 heavy (non-hydrogen) atoms. The number of aromatic nitrogens is 2. The Labute approximate surface area is 141 Å². The average molecular weight is 330 g/mol. The van der Waals surface area contributed by atoms with Crippen molar-refractivity contribution >= 4 is 11.7 Å². The molecule has 7 nitrogen and oxygen atoms in total. The number of amides is 1. The van der Waals surface area contributed by atoms with Crippen molar-refractivity contribution in [3.05, 3.63) is 36.5 Å². The monoisotopic (exact) mass is 330 g/mol. The largest absolute Gasteiger partial charge is 0.470 e. The van der Waals surface area contributed by atoms with Gasteiger partial charge >= 0.3 is 0 Å². The second-order valence-corrected chi connectivity index (χ2v) is 5.61. The highest BCUT2D eigenvalue weighted by Crippen LogP contribution is 2.26. The summed E-state index contributed by atoms with van der Waals surface area (Å²) >= 11 is 0. The first kappa shape index (κ1) is 16.3. The van der Waals surface area contributed by atoms with Crippen LogP contribution in [-0.4, -0.2) is 53.1 Å². The Morgan fingerprint density at radius 1 is 1.38 bits per heavy atom.